The second kappa shape index (κ2) is 6.86. The van der Waals surface area contributed by atoms with E-state index in [1.54, 1.807) is 36.5 Å². The van der Waals surface area contributed by atoms with Crippen LogP contribution in [-0.4, -0.2) is 12.1 Å². The minimum atomic E-state index is -0.312. The van der Waals surface area contributed by atoms with Crippen LogP contribution in [0.3, 0.4) is 0 Å². The van der Waals surface area contributed by atoms with Gasteiger partial charge in [-0.05, 0) is 29.8 Å². The number of amides is 1. The van der Waals surface area contributed by atoms with Crippen molar-refractivity contribution in [2.45, 2.75) is 6.42 Å². The summed E-state index contributed by atoms with van der Waals surface area (Å²) in [6.07, 6.45) is 1.64. The first-order valence-corrected chi connectivity index (χ1v) is 6.14. The maximum absolute atomic E-state index is 11.2. The molecule has 1 amide bonds. The predicted octanol–water partition coefficient (Wildman–Crippen LogP) is 3.29. The zero-order valence-corrected chi connectivity index (χ0v) is 10.8. The summed E-state index contributed by atoms with van der Waals surface area (Å²) in [5.74, 6) is -0.312. The molecule has 0 atom stereocenters. The molecule has 0 aliphatic carbocycles. The SMILES string of the molecule is N#CCC(=O)Nc1ccc(N=Cc2ccccc2)cc1. The van der Waals surface area contributed by atoms with Crippen LogP contribution in [-0.2, 0) is 4.79 Å². The first kappa shape index (κ1) is 13.5. The van der Waals surface area contributed by atoms with Crippen molar-refractivity contribution in [2.75, 3.05) is 5.32 Å². The zero-order valence-electron chi connectivity index (χ0n) is 10.8. The Labute approximate surface area is 117 Å². The Kier molecular flexibility index (Phi) is 4.63. The summed E-state index contributed by atoms with van der Waals surface area (Å²) in [6, 6.07) is 18.7. The van der Waals surface area contributed by atoms with E-state index < -0.39 is 0 Å². The number of nitriles is 1. The minimum absolute atomic E-state index is 0.145. The predicted molar refractivity (Wildman–Crippen MR) is 79.0 cm³/mol. The van der Waals surface area contributed by atoms with Crippen LogP contribution < -0.4 is 5.32 Å². The maximum Gasteiger partial charge on any atom is 0.238 e. The molecule has 2 aromatic carbocycles. The van der Waals surface area contributed by atoms with Gasteiger partial charge in [-0.15, -0.1) is 0 Å². The molecule has 0 fully saturated rings. The lowest BCUT2D eigenvalue weighted by atomic mass is 10.2. The molecule has 1 N–H and O–H groups in total. The van der Waals surface area contributed by atoms with Gasteiger partial charge >= 0.3 is 0 Å². The molecule has 4 heteroatoms. The van der Waals surface area contributed by atoms with Crippen LogP contribution in [0.4, 0.5) is 11.4 Å². The van der Waals surface area contributed by atoms with Gasteiger partial charge in [0.25, 0.3) is 0 Å². The first-order valence-electron chi connectivity index (χ1n) is 6.14. The van der Waals surface area contributed by atoms with Gasteiger partial charge in [-0.2, -0.15) is 5.26 Å². The monoisotopic (exact) mass is 263 g/mol. The Hall–Kier alpha value is -2.93. The van der Waals surface area contributed by atoms with Crippen LogP contribution in [0, 0.1) is 11.3 Å². The molecular weight excluding hydrogens is 250 g/mol. The van der Waals surface area contributed by atoms with Crippen LogP contribution in [0.25, 0.3) is 0 Å². The number of hydrogen-bond acceptors (Lipinski definition) is 3. The van der Waals surface area contributed by atoms with Gasteiger partial charge in [0, 0.05) is 11.9 Å². The van der Waals surface area contributed by atoms with Crippen LogP contribution in [0.15, 0.2) is 59.6 Å². The third-order valence-electron chi connectivity index (χ3n) is 2.55. The molecule has 0 saturated heterocycles. The van der Waals surface area contributed by atoms with Gasteiger partial charge in [0.15, 0.2) is 0 Å². The molecule has 0 bridgehead atoms. The van der Waals surface area contributed by atoms with Gasteiger partial charge < -0.3 is 5.32 Å². The van der Waals surface area contributed by atoms with E-state index in [-0.39, 0.29) is 12.3 Å². The van der Waals surface area contributed by atoms with Gasteiger partial charge in [-0.25, -0.2) is 0 Å². The topological polar surface area (TPSA) is 65.2 Å². The summed E-state index contributed by atoms with van der Waals surface area (Å²) in [7, 11) is 0. The summed E-state index contributed by atoms with van der Waals surface area (Å²) >= 11 is 0. The van der Waals surface area contributed by atoms with E-state index in [2.05, 4.69) is 10.3 Å². The molecule has 4 nitrogen and oxygen atoms in total. The van der Waals surface area contributed by atoms with Crippen molar-refractivity contribution in [3.8, 4) is 6.07 Å². The summed E-state index contributed by atoms with van der Waals surface area (Å²) in [5.41, 5.74) is 2.48. The fourth-order valence-electron chi connectivity index (χ4n) is 1.60. The Bertz CT molecular complexity index is 640. The van der Waals surface area contributed by atoms with E-state index in [1.807, 2.05) is 30.3 Å². The van der Waals surface area contributed by atoms with Gasteiger partial charge in [0.05, 0.1) is 11.8 Å². The van der Waals surface area contributed by atoms with E-state index in [0.29, 0.717) is 5.69 Å². The van der Waals surface area contributed by atoms with Crippen molar-refractivity contribution >= 4 is 23.5 Å². The summed E-state index contributed by atoms with van der Waals surface area (Å²) in [4.78, 5) is 15.6. The highest BCUT2D eigenvalue weighted by atomic mass is 16.1. The molecule has 0 aliphatic heterocycles. The molecule has 0 aromatic heterocycles. The number of rotatable bonds is 4. The Balaban J connectivity index is 2.00. The summed E-state index contributed by atoms with van der Waals surface area (Å²) < 4.78 is 0. The number of benzene rings is 2. The molecule has 2 aromatic rings. The molecule has 0 spiro atoms. The van der Waals surface area contributed by atoms with Crippen molar-refractivity contribution in [3.63, 3.8) is 0 Å². The van der Waals surface area contributed by atoms with Gasteiger partial charge in [-0.3, -0.25) is 9.79 Å². The first-order chi connectivity index (χ1) is 9.78. The van der Waals surface area contributed by atoms with Gasteiger partial charge in [0.2, 0.25) is 5.91 Å². The highest BCUT2D eigenvalue weighted by Crippen LogP contribution is 2.16. The number of carbonyl (C=O) groups excluding carboxylic acids is 1. The fourth-order valence-corrected chi connectivity index (χ4v) is 1.60. The van der Waals surface area contributed by atoms with Crippen LogP contribution in [0.5, 0.6) is 0 Å². The van der Waals surface area contributed by atoms with Crippen LogP contribution in [0.2, 0.25) is 0 Å². The average molecular weight is 263 g/mol. The van der Waals surface area contributed by atoms with E-state index in [4.69, 9.17) is 5.26 Å². The van der Waals surface area contributed by atoms with Crippen molar-refractivity contribution < 1.29 is 4.79 Å². The lowest BCUT2D eigenvalue weighted by Gasteiger charge is -2.02. The quantitative estimate of drug-likeness (QED) is 0.860. The second-order valence-corrected chi connectivity index (χ2v) is 4.10. The summed E-state index contributed by atoms with van der Waals surface area (Å²) in [6.45, 7) is 0. The Morgan fingerprint density at radius 3 is 2.50 bits per heavy atom. The number of carbonyl (C=O) groups is 1. The van der Waals surface area contributed by atoms with Crippen molar-refractivity contribution in [1.82, 2.24) is 0 Å². The Morgan fingerprint density at radius 1 is 1.15 bits per heavy atom. The Morgan fingerprint density at radius 2 is 1.85 bits per heavy atom. The minimum Gasteiger partial charge on any atom is -0.325 e. The lowest BCUT2D eigenvalue weighted by molar-refractivity contribution is -0.115. The normalized spacial score (nSPS) is 10.2. The van der Waals surface area contributed by atoms with E-state index >= 15 is 0 Å². The molecule has 0 radical (unpaired) electrons. The number of nitrogens with one attached hydrogen (secondary N) is 1. The number of anilines is 1. The molecule has 0 saturated carbocycles. The molecule has 20 heavy (non-hydrogen) atoms. The molecule has 0 heterocycles. The smallest absolute Gasteiger partial charge is 0.238 e. The third-order valence-corrected chi connectivity index (χ3v) is 2.55. The van der Waals surface area contributed by atoms with Gasteiger partial charge in [-0.1, -0.05) is 30.3 Å². The van der Waals surface area contributed by atoms with Crippen molar-refractivity contribution in [2.24, 2.45) is 4.99 Å². The van der Waals surface area contributed by atoms with Crippen molar-refractivity contribution in [3.05, 3.63) is 60.2 Å². The summed E-state index contributed by atoms with van der Waals surface area (Å²) in [5, 5.41) is 11.0. The standard InChI is InChI=1S/C16H13N3O/c17-11-10-16(20)19-15-8-6-14(7-9-15)18-12-13-4-2-1-3-5-13/h1-9,12H,10H2,(H,19,20). The number of aliphatic imine (C=N–C) groups is 1. The van der Waals surface area contributed by atoms with Gasteiger partial charge in [0.1, 0.15) is 6.42 Å². The molecule has 0 unspecified atom stereocenters. The number of hydrogen-bond donors (Lipinski definition) is 1. The lowest BCUT2D eigenvalue weighted by Crippen LogP contribution is -2.09. The maximum atomic E-state index is 11.2. The van der Waals surface area contributed by atoms with E-state index in [1.165, 1.54) is 0 Å². The third kappa shape index (κ3) is 4.07. The highest BCUT2D eigenvalue weighted by Gasteiger charge is 2.00. The molecule has 2 rings (SSSR count). The molecular formula is C16H13N3O. The second-order valence-electron chi connectivity index (χ2n) is 4.10. The average Bonchev–Trinajstić information content (AvgIpc) is 2.48. The molecule has 98 valence electrons. The largest absolute Gasteiger partial charge is 0.325 e. The van der Waals surface area contributed by atoms with Crippen LogP contribution in [0.1, 0.15) is 12.0 Å². The number of nitrogens with zero attached hydrogens (tertiary/aromatic N) is 2. The van der Waals surface area contributed by atoms with E-state index in [0.717, 1.165) is 11.3 Å². The molecule has 0 aliphatic rings. The van der Waals surface area contributed by atoms with E-state index in [9.17, 15) is 4.79 Å². The fraction of sp³-hybridized carbons (Fsp3) is 0.0625. The zero-order chi connectivity index (χ0) is 14.2. The van der Waals surface area contributed by atoms with Crippen molar-refractivity contribution in [1.29, 1.82) is 5.26 Å². The van der Waals surface area contributed by atoms with Crippen LogP contribution >= 0.6 is 0 Å². The highest BCUT2D eigenvalue weighted by molar-refractivity contribution is 5.92.